The molecule has 1 aromatic heterocycles. The van der Waals surface area contributed by atoms with Crippen LogP contribution in [0, 0.1) is 19.7 Å². The molecule has 0 saturated heterocycles. The van der Waals surface area contributed by atoms with Gasteiger partial charge in [-0.25, -0.2) is 4.39 Å². The van der Waals surface area contributed by atoms with Crippen LogP contribution in [0.4, 0.5) is 4.39 Å². The van der Waals surface area contributed by atoms with Gasteiger partial charge in [0.1, 0.15) is 11.6 Å². The monoisotopic (exact) mass is 308 g/mol. The molecule has 1 heterocycles. The smallest absolute Gasteiger partial charge is 0.137 e. The average Bonchev–Trinajstić information content (AvgIpc) is 2.65. The molecule has 0 aliphatic heterocycles. The summed E-state index contributed by atoms with van der Waals surface area (Å²) in [6, 6.07) is 4.40. The van der Waals surface area contributed by atoms with Gasteiger partial charge in [-0.3, -0.25) is 9.48 Å². The Labute approximate surface area is 128 Å². The molecular formula is C16H18ClFN2O. The summed E-state index contributed by atoms with van der Waals surface area (Å²) in [4.78, 5) is 12.0. The number of aryl methyl sites for hydroxylation is 2. The van der Waals surface area contributed by atoms with E-state index in [0.717, 1.165) is 17.0 Å². The lowest BCUT2D eigenvalue weighted by Crippen LogP contribution is -2.06. The molecule has 0 N–H and O–H groups in total. The molecule has 0 bridgehead atoms. The molecule has 0 aliphatic rings. The van der Waals surface area contributed by atoms with E-state index in [1.165, 1.54) is 6.07 Å². The Bertz CT molecular complexity index is 679. The molecule has 2 rings (SSSR count). The lowest BCUT2D eigenvalue weighted by Gasteiger charge is -2.04. The number of ketones is 1. The number of halogens is 2. The van der Waals surface area contributed by atoms with Crippen LogP contribution >= 0.6 is 11.6 Å². The zero-order valence-corrected chi connectivity index (χ0v) is 13.2. The van der Waals surface area contributed by atoms with Gasteiger partial charge < -0.3 is 0 Å². The molecular weight excluding hydrogens is 291 g/mol. The van der Waals surface area contributed by atoms with Crippen LogP contribution in [0.25, 0.3) is 0 Å². The van der Waals surface area contributed by atoms with Crippen molar-refractivity contribution in [3.63, 3.8) is 0 Å². The third kappa shape index (κ3) is 3.70. The van der Waals surface area contributed by atoms with Gasteiger partial charge in [0.2, 0.25) is 0 Å². The van der Waals surface area contributed by atoms with E-state index in [0.29, 0.717) is 23.4 Å². The number of hydrogen-bond donors (Lipinski definition) is 0. The second-order valence-corrected chi connectivity index (χ2v) is 5.66. The Morgan fingerprint density at radius 1 is 1.38 bits per heavy atom. The van der Waals surface area contributed by atoms with Gasteiger partial charge in [0, 0.05) is 30.6 Å². The van der Waals surface area contributed by atoms with Crippen molar-refractivity contribution in [2.24, 2.45) is 7.05 Å². The van der Waals surface area contributed by atoms with Crippen LogP contribution in [-0.2, 0) is 24.7 Å². The minimum absolute atomic E-state index is 0.0128. The molecule has 0 radical (unpaired) electrons. The normalized spacial score (nSPS) is 10.9. The molecule has 0 unspecified atom stereocenters. The third-order valence-electron chi connectivity index (χ3n) is 3.72. The topological polar surface area (TPSA) is 34.9 Å². The minimum atomic E-state index is -0.426. The summed E-state index contributed by atoms with van der Waals surface area (Å²) in [5, 5.41) is 4.67. The lowest BCUT2D eigenvalue weighted by atomic mass is 10.0. The van der Waals surface area contributed by atoms with Gasteiger partial charge in [-0.15, -0.1) is 0 Å². The Morgan fingerprint density at radius 2 is 2.10 bits per heavy atom. The fraction of sp³-hybridized carbons (Fsp3) is 0.375. The summed E-state index contributed by atoms with van der Waals surface area (Å²) in [6.07, 6.45) is 1.12. The quantitative estimate of drug-likeness (QED) is 0.846. The van der Waals surface area contributed by atoms with Gasteiger partial charge in [-0.1, -0.05) is 17.7 Å². The lowest BCUT2D eigenvalue weighted by molar-refractivity contribution is -0.118. The molecule has 0 fully saturated rings. The van der Waals surface area contributed by atoms with Crippen molar-refractivity contribution in [2.45, 2.75) is 33.1 Å². The molecule has 0 atom stereocenters. The van der Waals surface area contributed by atoms with Gasteiger partial charge in [-0.05, 0) is 43.5 Å². The van der Waals surface area contributed by atoms with Crippen LogP contribution < -0.4 is 0 Å². The van der Waals surface area contributed by atoms with E-state index in [4.69, 9.17) is 11.6 Å². The highest BCUT2D eigenvalue weighted by molar-refractivity contribution is 6.30. The van der Waals surface area contributed by atoms with Crippen molar-refractivity contribution in [1.29, 1.82) is 0 Å². The standard InChI is InChI=1S/C16H18ClFN2O/c1-10-15(11(2)20(3)19-10)7-6-14(21)8-12-4-5-13(17)9-16(12)18/h4-5,9H,6-8H2,1-3H3. The van der Waals surface area contributed by atoms with E-state index in [-0.39, 0.29) is 12.2 Å². The van der Waals surface area contributed by atoms with Gasteiger partial charge >= 0.3 is 0 Å². The zero-order chi connectivity index (χ0) is 15.6. The Kier molecular flexibility index (Phi) is 4.78. The fourth-order valence-electron chi connectivity index (χ4n) is 2.41. The summed E-state index contributed by atoms with van der Waals surface area (Å²) in [5.41, 5.74) is 3.50. The maximum Gasteiger partial charge on any atom is 0.137 e. The second-order valence-electron chi connectivity index (χ2n) is 5.22. The van der Waals surface area contributed by atoms with E-state index in [9.17, 15) is 9.18 Å². The van der Waals surface area contributed by atoms with E-state index in [1.54, 1.807) is 12.1 Å². The molecule has 2 aromatic rings. The van der Waals surface area contributed by atoms with Crippen LogP contribution in [0.1, 0.15) is 28.9 Å². The number of benzene rings is 1. The predicted octanol–water partition coefficient (Wildman–Crippen LogP) is 3.57. The van der Waals surface area contributed by atoms with E-state index < -0.39 is 5.82 Å². The summed E-state index contributed by atoms with van der Waals surface area (Å²) in [5.74, 6) is -0.413. The molecule has 112 valence electrons. The second kappa shape index (κ2) is 6.39. The maximum atomic E-state index is 13.7. The van der Waals surface area contributed by atoms with Crippen molar-refractivity contribution in [3.8, 4) is 0 Å². The zero-order valence-electron chi connectivity index (χ0n) is 12.4. The van der Waals surface area contributed by atoms with Crippen LogP contribution in [-0.4, -0.2) is 15.6 Å². The number of aromatic nitrogens is 2. The minimum Gasteiger partial charge on any atom is -0.299 e. The summed E-state index contributed by atoms with van der Waals surface area (Å²) < 4.78 is 15.5. The molecule has 0 amide bonds. The summed E-state index contributed by atoms with van der Waals surface area (Å²) in [7, 11) is 1.89. The van der Waals surface area contributed by atoms with Gasteiger partial charge in [0.05, 0.1) is 5.69 Å². The third-order valence-corrected chi connectivity index (χ3v) is 3.95. The molecule has 0 saturated carbocycles. The highest BCUT2D eigenvalue weighted by Crippen LogP contribution is 2.17. The predicted molar refractivity (Wildman–Crippen MR) is 81.1 cm³/mol. The molecule has 21 heavy (non-hydrogen) atoms. The fourth-order valence-corrected chi connectivity index (χ4v) is 2.57. The van der Waals surface area contributed by atoms with Crippen molar-refractivity contribution in [3.05, 3.63) is 51.6 Å². The molecule has 3 nitrogen and oxygen atoms in total. The van der Waals surface area contributed by atoms with Crippen LogP contribution in [0.5, 0.6) is 0 Å². The summed E-state index contributed by atoms with van der Waals surface area (Å²) in [6.45, 7) is 3.92. The highest BCUT2D eigenvalue weighted by Gasteiger charge is 2.13. The Hall–Kier alpha value is -1.68. The maximum absolute atomic E-state index is 13.7. The van der Waals surface area contributed by atoms with Gasteiger partial charge in [-0.2, -0.15) is 5.10 Å². The number of Topliss-reactive ketones (excluding diaryl/α,β-unsaturated/α-hetero) is 1. The number of carbonyl (C=O) groups excluding carboxylic acids is 1. The largest absolute Gasteiger partial charge is 0.299 e. The number of hydrogen-bond acceptors (Lipinski definition) is 2. The van der Waals surface area contributed by atoms with E-state index >= 15 is 0 Å². The van der Waals surface area contributed by atoms with Gasteiger partial charge in [0.15, 0.2) is 0 Å². The van der Waals surface area contributed by atoms with Crippen molar-refractivity contribution < 1.29 is 9.18 Å². The molecule has 0 aliphatic carbocycles. The Balaban J connectivity index is 1.99. The number of carbonyl (C=O) groups is 1. The molecule has 1 aromatic carbocycles. The van der Waals surface area contributed by atoms with Crippen molar-refractivity contribution in [1.82, 2.24) is 9.78 Å². The van der Waals surface area contributed by atoms with Crippen LogP contribution in [0.2, 0.25) is 5.02 Å². The van der Waals surface area contributed by atoms with Crippen molar-refractivity contribution in [2.75, 3.05) is 0 Å². The van der Waals surface area contributed by atoms with Crippen LogP contribution in [0.3, 0.4) is 0 Å². The first kappa shape index (κ1) is 15.7. The first-order chi connectivity index (χ1) is 9.88. The highest BCUT2D eigenvalue weighted by atomic mass is 35.5. The molecule has 5 heteroatoms. The first-order valence-electron chi connectivity index (χ1n) is 6.83. The average molecular weight is 309 g/mol. The summed E-state index contributed by atoms with van der Waals surface area (Å²) >= 11 is 5.70. The number of nitrogens with zero attached hydrogens (tertiary/aromatic N) is 2. The van der Waals surface area contributed by atoms with Crippen molar-refractivity contribution >= 4 is 17.4 Å². The number of rotatable bonds is 5. The van der Waals surface area contributed by atoms with Crippen LogP contribution in [0.15, 0.2) is 18.2 Å². The van der Waals surface area contributed by atoms with E-state index in [2.05, 4.69) is 5.10 Å². The SMILES string of the molecule is Cc1nn(C)c(C)c1CCC(=O)Cc1ccc(Cl)cc1F. The van der Waals surface area contributed by atoms with Gasteiger partial charge in [0.25, 0.3) is 0 Å². The van der Waals surface area contributed by atoms with E-state index in [1.807, 2.05) is 25.6 Å². The Morgan fingerprint density at radius 3 is 2.67 bits per heavy atom. The molecule has 0 spiro atoms. The first-order valence-corrected chi connectivity index (χ1v) is 7.21.